The summed E-state index contributed by atoms with van der Waals surface area (Å²) in [6.07, 6.45) is 0. The van der Waals surface area contributed by atoms with Crippen LogP contribution in [0, 0.1) is 17.7 Å². The van der Waals surface area contributed by atoms with Crippen LogP contribution in [0.4, 0.5) is 4.39 Å². The summed E-state index contributed by atoms with van der Waals surface area (Å²) in [5, 5.41) is 3.63. The molecule has 0 aliphatic carbocycles. The molecule has 0 spiro atoms. The molecule has 0 saturated heterocycles. The van der Waals surface area contributed by atoms with Crippen molar-refractivity contribution in [2.24, 2.45) is 11.8 Å². The van der Waals surface area contributed by atoms with E-state index in [1.54, 1.807) is 12.1 Å². The van der Waals surface area contributed by atoms with Crippen molar-refractivity contribution in [1.82, 2.24) is 5.32 Å². The summed E-state index contributed by atoms with van der Waals surface area (Å²) < 4.78 is 13.0. The van der Waals surface area contributed by atoms with E-state index in [4.69, 9.17) is 11.6 Å². The van der Waals surface area contributed by atoms with E-state index in [0.717, 1.165) is 12.1 Å². The number of benzene rings is 1. The minimum Gasteiger partial charge on any atom is -0.310 e. The molecule has 0 saturated carbocycles. The van der Waals surface area contributed by atoms with E-state index in [1.807, 2.05) is 0 Å². The number of hydrogen-bond donors (Lipinski definition) is 1. The van der Waals surface area contributed by atoms with Crippen molar-refractivity contribution in [1.29, 1.82) is 0 Å². The van der Waals surface area contributed by atoms with E-state index in [0.29, 0.717) is 11.8 Å². The fourth-order valence-corrected chi connectivity index (χ4v) is 1.69. The Hall–Kier alpha value is -0.600. The van der Waals surface area contributed by atoms with E-state index >= 15 is 0 Å². The fraction of sp³-hybridized carbons (Fsp3) is 0.571. The molecule has 0 aliphatic rings. The molecule has 96 valence electrons. The van der Waals surface area contributed by atoms with Gasteiger partial charge in [-0.3, -0.25) is 0 Å². The largest absolute Gasteiger partial charge is 0.310 e. The van der Waals surface area contributed by atoms with Gasteiger partial charge in [-0.15, -0.1) is 0 Å². The summed E-state index contributed by atoms with van der Waals surface area (Å²) in [6, 6.07) is 5.07. The van der Waals surface area contributed by atoms with Crippen LogP contribution in [0.3, 0.4) is 0 Å². The van der Waals surface area contributed by atoms with Gasteiger partial charge >= 0.3 is 0 Å². The third-order valence-electron chi connectivity index (χ3n) is 3.33. The second kappa shape index (κ2) is 6.36. The Morgan fingerprint density at radius 1 is 1.24 bits per heavy atom. The van der Waals surface area contributed by atoms with Gasteiger partial charge in [-0.1, -0.05) is 38.4 Å². The molecule has 2 unspecified atom stereocenters. The maximum atomic E-state index is 13.0. The van der Waals surface area contributed by atoms with Crippen LogP contribution in [0.2, 0.25) is 5.02 Å². The van der Waals surface area contributed by atoms with Crippen LogP contribution in [0.15, 0.2) is 18.2 Å². The van der Waals surface area contributed by atoms with Crippen molar-refractivity contribution in [3.63, 3.8) is 0 Å². The Morgan fingerprint density at radius 2 is 1.88 bits per heavy atom. The summed E-state index contributed by atoms with van der Waals surface area (Å²) in [4.78, 5) is 0. The number of nitrogens with one attached hydrogen (secondary N) is 1. The maximum Gasteiger partial charge on any atom is 0.141 e. The zero-order valence-corrected chi connectivity index (χ0v) is 11.7. The Balaban J connectivity index is 2.58. The van der Waals surface area contributed by atoms with Crippen molar-refractivity contribution < 1.29 is 4.39 Å². The van der Waals surface area contributed by atoms with Gasteiger partial charge in [0.1, 0.15) is 5.82 Å². The van der Waals surface area contributed by atoms with Crippen molar-refractivity contribution in [3.8, 4) is 0 Å². The van der Waals surface area contributed by atoms with Gasteiger partial charge in [0.2, 0.25) is 0 Å². The zero-order valence-electron chi connectivity index (χ0n) is 10.9. The van der Waals surface area contributed by atoms with Crippen molar-refractivity contribution >= 4 is 11.6 Å². The summed E-state index contributed by atoms with van der Waals surface area (Å²) in [5.41, 5.74) is 1.02. The smallest absolute Gasteiger partial charge is 0.141 e. The van der Waals surface area contributed by atoms with Gasteiger partial charge in [-0.25, -0.2) is 4.39 Å². The van der Waals surface area contributed by atoms with Crippen molar-refractivity contribution in [3.05, 3.63) is 34.6 Å². The van der Waals surface area contributed by atoms with Crippen LogP contribution in [0.5, 0.6) is 0 Å². The molecule has 0 fully saturated rings. The molecule has 0 aliphatic heterocycles. The highest BCUT2D eigenvalue weighted by Gasteiger charge is 2.11. The van der Waals surface area contributed by atoms with Gasteiger partial charge in [-0.2, -0.15) is 0 Å². The van der Waals surface area contributed by atoms with Crippen LogP contribution < -0.4 is 5.32 Å². The highest BCUT2D eigenvalue weighted by Crippen LogP contribution is 2.21. The van der Waals surface area contributed by atoms with Gasteiger partial charge in [-0.05, 0) is 43.0 Å². The van der Waals surface area contributed by atoms with Crippen molar-refractivity contribution in [2.45, 2.75) is 33.7 Å². The van der Waals surface area contributed by atoms with E-state index in [-0.39, 0.29) is 16.9 Å². The van der Waals surface area contributed by atoms with Crippen LogP contribution >= 0.6 is 11.6 Å². The monoisotopic (exact) mass is 257 g/mol. The molecule has 0 aromatic heterocycles. The molecule has 1 aromatic carbocycles. The molecule has 2 atom stereocenters. The summed E-state index contributed by atoms with van der Waals surface area (Å²) in [7, 11) is 0. The van der Waals surface area contributed by atoms with Gasteiger partial charge < -0.3 is 5.32 Å². The van der Waals surface area contributed by atoms with E-state index in [9.17, 15) is 4.39 Å². The summed E-state index contributed by atoms with van der Waals surface area (Å²) in [5.74, 6) is 0.915. The Bertz CT molecular complexity index is 365. The summed E-state index contributed by atoms with van der Waals surface area (Å²) >= 11 is 5.77. The lowest BCUT2D eigenvalue weighted by Crippen LogP contribution is -2.26. The maximum absolute atomic E-state index is 13.0. The average molecular weight is 258 g/mol. The van der Waals surface area contributed by atoms with Crippen LogP contribution in [0.1, 0.15) is 39.3 Å². The second-order valence-corrected chi connectivity index (χ2v) is 5.43. The first kappa shape index (κ1) is 14.5. The highest BCUT2D eigenvalue weighted by atomic mass is 35.5. The van der Waals surface area contributed by atoms with Crippen LogP contribution in [0.25, 0.3) is 0 Å². The standard InChI is InChI=1S/C14H21ClFN/c1-9(2)10(3)8-17-11(4)12-5-6-14(16)13(15)7-12/h5-7,9-11,17H,8H2,1-4H3. The molecule has 1 N–H and O–H groups in total. The van der Waals surface area contributed by atoms with Gasteiger partial charge in [0.15, 0.2) is 0 Å². The predicted molar refractivity (Wildman–Crippen MR) is 71.8 cm³/mol. The Kier molecular flexibility index (Phi) is 5.41. The third-order valence-corrected chi connectivity index (χ3v) is 3.62. The predicted octanol–water partition coefficient (Wildman–Crippen LogP) is 4.42. The molecular formula is C14H21ClFN. The second-order valence-electron chi connectivity index (χ2n) is 5.02. The summed E-state index contributed by atoms with van der Waals surface area (Å²) in [6.45, 7) is 9.67. The molecule has 0 radical (unpaired) electrons. The molecule has 0 bridgehead atoms. The Labute approximate surface area is 108 Å². The van der Waals surface area contributed by atoms with Gasteiger partial charge in [0, 0.05) is 6.04 Å². The van der Waals surface area contributed by atoms with Crippen LogP contribution in [-0.4, -0.2) is 6.54 Å². The van der Waals surface area contributed by atoms with Gasteiger partial charge in [0.05, 0.1) is 5.02 Å². The van der Waals surface area contributed by atoms with E-state index < -0.39 is 0 Å². The van der Waals surface area contributed by atoms with Gasteiger partial charge in [0.25, 0.3) is 0 Å². The minimum absolute atomic E-state index is 0.188. The van der Waals surface area contributed by atoms with Crippen molar-refractivity contribution in [2.75, 3.05) is 6.54 Å². The molecule has 1 nitrogen and oxygen atoms in total. The topological polar surface area (TPSA) is 12.0 Å². The first-order valence-electron chi connectivity index (χ1n) is 6.10. The van der Waals surface area contributed by atoms with E-state index in [1.165, 1.54) is 6.07 Å². The lowest BCUT2D eigenvalue weighted by molar-refractivity contribution is 0.375. The number of halogens is 2. The third kappa shape index (κ3) is 4.29. The molecule has 3 heteroatoms. The molecule has 1 aromatic rings. The van der Waals surface area contributed by atoms with E-state index in [2.05, 4.69) is 33.0 Å². The van der Waals surface area contributed by atoms with Crippen LogP contribution in [-0.2, 0) is 0 Å². The lowest BCUT2D eigenvalue weighted by atomic mass is 9.97. The fourth-order valence-electron chi connectivity index (χ4n) is 1.50. The molecule has 0 heterocycles. The SMILES string of the molecule is CC(NCC(C)C(C)C)c1ccc(F)c(Cl)c1. The first-order valence-corrected chi connectivity index (χ1v) is 6.48. The Morgan fingerprint density at radius 3 is 2.41 bits per heavy atom. The zero-order chi connectivity index (χ0) is 13.0. The number of hydrogen-bond acceptors (Lipinski definition) is 1. The normalized spacial score (nSPS) is 15.0. The quantitative estimate of drug-likeness (QED) is 0.823. The molecular weight excluding hydrogens is 237 g/mol. The molecule has 17 heavy (non-hydrogen) atoms. The lowest BCUT2D eigenvalue weighted by Gasteiger charge is -2.20. The first-order chi connectivity index (χ1) is 7.91. The number of rotatable bonds is 5. The minimum atomic E-state index is -0.363. The average Bonchev–Trinajstić information content (AvgIpc) is 2.28. The molecule has 1 rings (SSSR count). The highest BCUT2D eigenvalue weighted by molar-refractivity contribution is 6.30. The molecule has 0 amide bonds.